The third-order valence-electron chi connectivity index (χ3n) is 4.71. The molecule has 0 saturated carbocycles. The van der Waals surface area contributed by atoms with E-state index in [4.69, 9.17) is 9.73 Å². The highest BCUT2D eigenvalue weighted by atomic mass is 127. The van der Waals surface area contributed by atoms with E-state index in [9.17, 15) is 0 Å². The molecule has 6 nitrogen and oxygen atoms in total. The summed E-state index contributed by atoms with van der Waals surface area (Å²) in [6.45, 7) is 12.6. The first kappa shape index (κ1) is 24.1. The Bertz CT molecular complexity index is 522. The number of rotatable bonds is 9. The van der Waals surface area contributed by atoms with Gasteiger partial charge in [0.25, 0.3) is 0 Å². The second-order valence-corrected chi connectivity index (χ2v) is 6.85. The maximum absolute atomic E-state index is 5.39. The lowest BCUT2D eigenvalue weighted by atomic mass is 10.2. The van der Waals surface area contributed by atoms with Crippen LogP contribution in [-0.4, -0.2) is 81.3 Å². The van der Waals surface area contributed by atoms with Gasteiger partial charge in [0.2, 0.25) is 0 Å². The highest BCUT2D eigenvalue weighted by molar-refractivity contribution is 14.0. The maximum Gasteiger partial charge on any atom is 0.191 e. The lowest BCUT2D eigenvalue weighted by Crippen LogP contribution is -2.44. The normalized spacial score (nSPS) is 16.7. The minimum atomic E-state index is 0. The van der Waals surface area contributed by atoms with Crippen LogP contribution >= 0.6 is 24.0 Å². The smallest absolute Gasteiger partial charge is 0.191 e. The number of likely N-dealkylation sites (N-methyl/N-ethyl adjacent to an activating group) is 1. The zero-order valence-corrected chi connectivity index (χ0v) is 19.3. The summed E-state index contributed by atoms with van der Waals surface area (Å²) in [5.74, 6) is 0.903. The van der Waals surface area contributed by atoms with Crippen molar-refractivity contribution >= 4 is 29.9 Å². The summed E-state index contributed by atoms with van der Waals surface area (Å²) in [7, 11) is 2.16. The molecule has 1 aromatic rings. The zero-order valence-electron chi connectivity index (χ0n) is 17.0. The Morgan fingerprint density at radius 2 is 1.93 bits per heavy atom. The van der Waals surface area contributed by atoms with Crippen molar-refractivity contribution in [1.29, 1.82) is 0 Å². The molecule has 27 heavy (non-hydrogen) atoms. The second-order valence-electron chi connectivity index (χ2n) is 6.85. The van der Waals surface area contributed by atoms with Crippen molar-refractivity contribution in [3.05, 3.63) is 35.9 Å². The number of nitrogens with zero attached hydrogens (tertiary/aromatic N) is 3. The van der Waals surface area contributed by atoms with Gasteiger partial charge in [-0.2, -0.15) is 0 Å². The summed E-state index contributed by atoms with van der Waals surface area (Å²) in [5, 5.41) is 6.79. The summed E-state index contributed by atoms with van der Waals surface area (Å²) in [4.78, 5) is 9.54. The summed E-state index contributed by atoms with van der Waals surface area (Å²) in [5.41, 5.74) is 1.33. The van der Waals surface area contributed by atoms with E-state index >= 15 is 0 Å². The van der Waals surface area contributed by atoms with Crippen LogP contribution in [0.5, 0.6) is 0 Å². The van der Waals surface area contributed by atoms with Gasteiger partial charge < -0.3 is 15.4 Å². The topological polar surface area (TPSA) is 52.1 Å². The van der Waals surface area contributed by atoms with Crippen molar-refractivity contribution in [1.82, 2.24) is 20.4 Å². The van der Waals surface area contributed by atoms with Crippen LogP contribution < -0.4 is 10.6 Å². The highest BCUT2D eigenvalue weighted by Gasteiger charge is 2.11. The minimum absolute atomic E-state index is 0. The molecule has 0 radical (unpaired) electrons. The number of hydrogen-bond donors (Lipinski definition) is 2. The first-order valence-electron chi connectivity index (χ1n) is 9.75. The van der Waals surface area contributed by atoms with Gasteiger partial charge in [0.05, 0.1) is 19.8 Å². The SMILES string of the molecule is CCNC(=NCC(C)N(C)Cc1ccccc1)NCCN1CCOCC1.I. The van der Waals surface area contributed by atoms with Crippen LogP contribution in [0.2, 0.25) is 0 Å². The van der Waals surface area contributed by atoms with Crippen molar-refractivity contribution in [3.63, 3.8) is 0 Å². The van der Waals surface area contributed by atoms with Crippen molar-refractivity contribution in [2.75, 3.05) is 59.5 Å². The average molecular weight is 489 g/mol. The quantitative estimate of drug-likeness (QED) is 0.316. The molecule has 1 atom stereocenters. The van der Waals surface area contributed by atoms with E-state index in [0.29, 0.717) is 6.04 Å². The van der Waals surface area contributed by atoms with Crippen molar-refractivity contribution < 1.29 is 4.74 Å². The van der Waals surface area contributed by atoms with Gasteiger partial charge in [-0.3, -0.25) is 14.8 Å². The fourth-order valence-corrected chi connectivity index (χ4v) is 2.89. The van der Waals surface area contributed by atoms with Crippen LogP contribution in [0.3, 0.4) is 0 Å². The molecule has 0 aliphatic carbocycles. The largest absolute Gasteiger partial charge is 0.379 e. The van der Waals surface area contributed by atoms with Crippen LogP contribution in [0.15, 0.2) is 35.3 Å². The van der Waals surface area contributed by atoms with E-state index < -0.39 is 0 Å². The van der Waals surface area contributed by atoms with Crippen molar-refractivity contribution in [2.24, 2.45) is 4.99 Å². The van der Waals surface area contributed by atoms with Crippen molar-refractivity contribution in [2.45, 2.75) is 26.4 Å². The molecule has 0 aromatic heterocycles. The number of morpholine rings is 1. The number of halogens is 1. The second kappa shape index (κ2) is 14.1. The molecule has 1 aliphatic rings. The highest BCUT2D eigenvalue weighted by Crippen LogP contribution is 2.06. The number of nitrogens with one attached hydrogen (secondary N) is 2. The Labute approximate surface area is 181 Å². The lowest BCUT2D eigenvalue weighted by molar-refractivity contribution is 0.0389. The Balaban J connectivity index is 0.00000364. The minimum Gasteiger partial charge on any atom is -0.379 e. The standard InChI is InChI=1S/C20H35N5O.HI/c1-4-21-20(22-10-11-25-12-14-26-15-13-25)23-16-18(2)24(3)17-19-8-6-5-7-9-19;/h5-9,18H,4,10-17H2,1-3H3,(H2,21,22,23);1H. The van der Waals surface area contributed by atoms with Gasteiger partial charge in [-0.1, -0.05) is 30.3 Å². The van der Waals surface area contributed by atoms with E-state index in [1.807, 2.05) is 0 Å². The molecular formula is C20H36IN5O. The summed E-state index contributed by atoms with van der Waals surface area (Å²) < 4.78 is 5.39. The number of benzene rings is 1. The molecule has 1 saturated heterocycles. The monoisotopic (exact) mass is 489 g/mol. The van der Waals surface area contributed by atoms with Gasteiger partial charge in [0.15, 0.2) is 5.96 Å². The van der Waals surface area contributed by atoms with E-state index in [1.165, 1.54) is 5.56 Å². The molecule has 2 N–H and O–H groups in total. The van der Waals surface area contributed by atoms with Gasteiger partial charge >= 0.3 is 0 Å². The fraction of sp³-hybridized carbons (Fsp3) is 0.650. The summed E-state index contributed by atoms with van der Waals surface area (Å²) in [6, 6.07) is 11.0. The molecule has 1 heterocycles. The number of hydrogen-bond acceptors (Lipinski definition) is 4. The maximum atomic E-state index is 5.39. The van der Waals surface area contributed by atoms with Gasteiger partial charge in [0.1, 0.15) is 0 Å². The third-order valence-corrected chi connectivity index (χ3v) is 4.71. The van der Waals surface area contributed by atoms with Crippen molar-refractivity contribution in [3.8, 4) is 0 Å². The van der Waals surface area contributed by atoms with Crippen LogP contribution in [0, 0.1) is 0 Å². The molecule has 1 aliphatic heterocycles. The Kier molecular flexibility index (Phi) is 12.6. The Morgan fingerprint density at radius 1 is 1.22 bits per heavy atom. The number of guanidine groups is 1. The van der Waals surface area contributed by atoms with Crippen LogP contribution in [-0.2, 0) is 11.3 Å². The molecule has 2 rings (SSSR count). The molecule has 154 valence electrons. The van der Waals surface area contributed by atoms with E-state index in [0.717, 1.165) is 65.0 Å². The summed E-state index contributed by atoms with van der Waals surface area (Å²) >= 11 is 0. The van der Waals surface area contributed by atoms with Crippen LogP contribution in [0.25, 0.3) is 0 Å². The van der Waals surface area contributed by atoms with E-state index in [2.05, 4.69) is 71.7 Å². The van der Waals surface area contributed by atoms with Gasteiger partial charge in [-0.25, -0.2) is 0 Å². The first-order chi connectivity index (χ1) is 12.7. The molecule has 0 bridgehead atoms. The zero-order chi connectivity index (χ0) is 18.6. The van der Waals surface area contributed by atoms with Gasteiger partial charge in [0, 0.05) is 45.3 Å². The van der Waals surface area contributed by atoms with E-state index in [1.54, 1.807) is 0 Å². The molecule has 1 fully saturated rings. The average Bonchev–Trinajstić information content (AvgIpc) is 2.67. The number of ether oxygens (including phenoxy) is 1. The van der Waals surface area contributed by atoms with Gasteiger partial charge in [-0.05, 0) is 26.5 Å². The van der Waals surface area contributed by atoms with Crippen LogP contribution in [0.4, 0.5) is 0 Å². The predicted molar refractivity (Wildman–Crippen MR) is 124 cm³/mol. The molecule has 0 spiro atoms. The lowest BCUT2D eigenvalue weighted by Gasteiger charge is -2.27. The van der Waals surface area contributed by atoms with Gasteiger partial charge in [-0.15, -0.1) is 24.0 Å². The Morgan fingerprint density at radius 3 is 2.59 bits per heavy atom. The summed E-state index contributed by atoms with van der Waals surface area (Å²) in [6.07, 6.45) is 0. The third kappa shape index (κ3) is 9.73. The molecule has 1 aromatic carbocycles. The molecule has 1 unspecified atom stereocenters. The fourth-order valence-electron chi connectivity index (χ4n) is 2.89. The Hall–Kier alpha value is -0.900. The van der Waals surface area contributed by atoms with E-state index in [-0.39, 0.29) is 24.0 Å². The number of aliphatic imine (C=N–C) groups is 1. The predicted octanol–water partition coefficient (Wildman–Crippen LogP) is 2.01. The first-order valence-corrected chi connectivity index (χ1v) is 9.75. The molecule has 7 heteroatoms. The van der Waals surface area contributed by atoms with Crippen LogP contribution in [0.1, 0.15) is 19.4 Å². The molecule has 0 amide bonds. The molecular weight excluding hydrogens is 453 g/mol.